The Bertz CT molecular complexity index is 364. The highest BCUT2D eigenvalue weighted by atomic mass is 16.5. The molecule has 0 unspecified atom stereocenters. The zero-order chi connectivity index (χ0) is 12.8. The van der Waals surface area contributed by atoms with Crippen LogP contribution in [-0.2, 0) is 14.3 Å². The van der Waals surface area contributed by atoms with Gasteiger partial charge in [0.15, 0.2) is 5.54 Å². The van der Waals surface area contributed by atoms with Crippen molar-refractivity contribution >= 4 is 11.9 Å². The van der Waals surface area contributed by atoms with Gasteiger partial charge in [0, 0.05) is 6.54 Å². The van der Waals surface area contributed by atoms with E-state index in [1.54, 1.807) is 20.8 Å². The first-order valence-electron chi connectivity index (χ1n) is 6.05. The summed E-state index contributed by atoms with van der Waals surface area (Å²) in [6.07, 6.45) is 0.970. The lowest BCUT2D eigenvalue weighted by Crippen LogP contribution is -2.60. The fourth-order valence-corrected chi connectivity index (χ4v) is 3.00. The van der Waals surface area contributed by atoms with Gasteiger partial charge < -0.3 is 14.7 Å². The summed E-state index contributed by atoms with van der Waals surface area (Å²) in [7, 11) is 0. The second-order valence-corrected chi connectivity index (χ2v) is 5.41. The van der Waals surface area contributed by atoms with Gasteiger partial charge in [-0.25, -0.2) is 4.79 Å². The molecule has 0 aliphatic carbocycles. The molecule has 0 saturated carbocycles. The summed E-state index contributed by atoms with van der Waals surface area (Å²) < 4.78 is 5.23. The molecule has 0 aromatic rings. The minimum atomic E-state index is -1.33. The van der Waals surface area contributed by atoms with Crippen molar-refractivity contribution in [1.82, 2.24) is 4.90 Å². The van der Waals surface area contributed by atoms with E-state index in [9.17, 15) is 14.7 Å². The number of aliphatic hydroxyl groups is 1. The van der Waals surface area contributed by atoms with Crippen LogP contribution < -0.4 is 0 Å². The van der Waals surface area contributed by atoms with Crippen LogP contribution in [0.2, 0.25) is 0 Å². The Labute approximate surface area is 101 Å². The average Bonchev–Trinajstić information content (AvgIpc) is 2.66. The monoisotopic (exact) mass is 241 g/mol. The molecule has 2 rings (SSSR count). The van der Waals surface area contributed by atoms with Gasteiger partial charge in [-0.05, 0) is 33.6 Å². The highest BCUT2D eigenvalue weighted by molar-refractivity contribution is 5.95. The van der Waals surface area contributed by atoms with E-state index in [-0.39, 0.29) is 18.4 Å². The number of carbonyl (C=O) groups excluding carboxylic acids is 2. The number of amides is 1. The molecule has 96 valence electrons. The lowest BCUT2D eigenvalue weighted by Gasteiger charge is -2.38. The summed E-state index contributed by atoms with van der Waals surface area (Å²) in [4.78, 5) is 25.6. The predicted octanol–water partition coefficient (Wildman–Crippen LogP) is 0.454. The fraction of sp³-hybridized carbons (Fsp3) is 0.833. The number of nitrogens with zero attached hydrogens (tertiary/aromatic N) is 1. The zero-order valence-electron chi connectivity index (χ0n) is 10.5. The molecule has 1 N–H and O–H groups in total. The van der Waals surface area contributed by atoms with Crippen molar-refractivity contribution in [2.75, 3.05) is 6.54 Å². The van der Waals surface area contributed by atoms with Crippen LogP contribution in [0.4, 0.5) is 0 Å². The summed E-state index contributed by atoms with van der Waals surface area (Å²) in [6.45, 7) is 5.61. The highest BCUT2D eigenvalue weighted by Crippen LogP contribution is 2.47. The van der Waals surface area contributed by atoms with Crippen LogP contribution in [0.3, 0.4) is 0 Å². The van der Waals surface area contributed by atoms with Gasteiger partial charge in [0.25, 0.3) is 0 Å². The first-order valence-corrected chi connectivity index (χ1v) is 6.05. The van der Waals surface area contributed by atoms with E-state index >= 15 is 0 Å². The number of esters is 1. The quantitative estimate of drug-likeness (QED) is 0.713. The maximum absolute atomic E-state index is 12.2. The smallest absolute Gasteiger partial charge is 0.335 e. The van der Waals surface area contributed by atoms with Gasteiger partial charge in [-0.3, -0.25) is 4.79 Å². The largest absolute Gasteiger partial charge is 0.461 e. The predicted molar refractivity (Wildman–Crippen MR) is 60.1 cm³/mol. The molecule has 0 radical (unpaired) electrons. The van der Waals surface area contributed by atoms with Crippen molar-refractivity contribution in [1.29, 1.82) is 0 Å². The standard InChI is InChI=1S/C12H19NO4/c1-8(2)17-10(15)12-5-4-6-13(12)9(14)7-11(12,3)16/h8,16H,4-7H2,1-3H3/t11-,12-/m0/s1. The number of carbonyl (C=O) groups is 2. The SMILES string of the molecule is CC(C)OC(=O)[C@]12CCCN1C(=O)C[C@]2(C)O. The Morgan fingerprint density at radius 1 is 1.53 bits per heavy atom. The van der Waals surface area contributed by atoms with E-state index in [0.717, 1.165) is 6.42 Å². The highest BCUT2D eigenvalue weighted by Gasteiger charge is 2.67. The first-order chi connectivity index (χ1) is 7.81. The molecule has 2 aliphatic rings. The maximum atomic E-state index is 12.2. The van der Waals surface area contributed by atoms with E-state index in [0.29, 0.717) is 13.0 Å². The van der Waals surface area contributed by atoms with Crippen LogP contribution in [0.5, 0.6) is 0 Å². The van der Waals surface area contributed by atoms with E-state index < -0.39 is 17.1 Å². The number of rotatable bonds is 2. The van der Waals surface area contributed by atoms with Crippen LogP contribution in [-0.4, -0.2) is 45.7 Å². The van der Waals surface area contributed by atoms with E-state index in [4.69, 9.17) is 4.74 Å². The van der Waals surface area contributed by atoms with Gasteiger partial charge in [-0.2, -0.15) is 0 Å². The molecular weight excluding hydrogens is 222 g/mol. The fourth-order valence-electron chi connectivity index (χ4n) is 3.00. The first kappa shape index (κ1) is 12.4. The normalized spacial score (nSPS) is 36.5. The Morgan fingerprint density at radius 2 is 2.18 bits per heavy atom. The third-order valence-corrected chi connectivity index (χ3v) is 3.75. The molecule has 0 spiro atoms. The van der Waals surface area contributed by atoms with Crippen LogP contribution in [0.15, 0.2) is 0 Å². The molecule has 2 atom stereocenters. The summed E-state index contributed by atoms with van der Waals surface area (Å²) in [5, 5.41) is 10.4. The zero-order valence-corrected chi connectivity index (χ0v) is 10.5. The van der Waals surface area contributed by atoms with Crippen LogP contribution in [0, 0.1) is 0 Å². The van der Waals surface area contributed by atoms with E-state index in [2.05, 4.69) is 0 Å². The Morgan fingerprint density at radius 3 is 2.76 bits per heavy atom. The van der Waals surface area contributed by atoms with Crippen molar-refractivity contribution < 1.29 is 19.4 Å². The van der Waals surface area contributed by atoms with Crippen molar-refractivity contribution in [3.05, 3.63) is 0 Å². The van der Waals surface area contributed by atoms with Gasteiger partial charge >= 0.3 is 5.97 Å². The van der Waals surface area contributed by atoms with Crippen molar-refractivity contribution in [2.24, 2.45) is 0 Å². The second kappa shape index (κ2) is 3.70. The molecule has 2 saturated heterocycles. The lowest BCUT2D eigenvalue weighted by atomic mass is 9.80. The summed E-state index contributed by atoms with van der Waals surface area (Å²) in [5.74, 6) is -0.631. The maximum Gasteiger partial charge on any atom is 0.335 e. The Hall–Kier alpha value is -1.10. The molecule has 0 aromatic heterocycles. The van der Waals surface area contributed by atoms with Crippen LogP contribution in [0.1, 0.15) is 40.0 Å². The van der Waals surface area contributed by atoms with Gasteiger partial charge in [0.1, 0.15) is 5.60 Å². The van der Waals surface area contributed by atoms with Crippen molar-refractivity contribution in [3.63, 3.8) is 0 Å². The molecule has 5 heteroatoms. The minimum Gasteiger partial charge on any atom is -0.461 e. The van der Waals surface area contributed by atoms with E-state index in [1.807, 2.05) is 0 Å². The Kier molecular flexibility index (Phi) is 2.69. The molecule has 1 amide bonds. The molecule has 0 bridgehead atoms. The topological polar surface area (TPSA) is 66.8 Å². The van der Waals surface area contributed by atoms with Crippen LogP contribution >= 0.6 is 0 Å². The molecule has 2 aliphatic heterocycles. The second-order valence-electron chi connectivity index (χ2n) is 5.41. The van der Waals surface area contributed by atoms with Gasteiger partial charge in [0.05, 0.1) is 12.5 Å². The molecule has 5 nitrogen and oxygen atoms in total. The summed E-state index contributed by atoms with van der Waals surface area (Å²) in [5.41, 5.74) is -2.49. The van der Waals surface area contributed by atoms with E-state index in [1.165, 1.54) is 4.90 Å². The minimum absolute atomic E-state index is 0.000194. The number of hydrogen-bond donors (Lipinski definition) is 1. The number of fused-ring (bicyclic) bond motifs is 1. The number of hydrogen-bond acceptors (Lipinski definition) is 4. The molecule has 17 heavy (non-hydrogen) atoms. The van der Waals surface area contributed by atoms with Gasteiger partial charge in [-0.15, -0.1) is 0 Å². The third kappa shape index (κ3) is 1.56. The molecular formula is C12H19NO4. The average molecular weight is 241 g/mol. The lowest BCUT2D eigenvalue weighted by molar-refractivity contribution is -0.171. The van der Waals surface area contributed by atoms with Gasteiger partial charge in [-0.1, -0.05) is 0 Å². The summed E-state index contributed by atoms with van der Waals surface area (Å²) >= 11 is 0. The van der Waals surface area contributed by atoms with Crippen LogP contribution in [0.25, 0.3) is 0 Å². The van der Waals surface area contributed by atoms with Crippen molar-refractivity contribution in [2.45, 2.75) is 57.3 Å². The number of ether oxygens (including phenoxy) is 1. The Balaban J connectivity index is 2.37. The molecule has 0 aromatic carbocycles. The van der Waals surface area contributed by atoms with Crippen molar-refractivity contribution in [3.8, 4) is 0 Å². The summed E-state index contributed by atoms with van der Waals surface area (Å²) in [6, 6.07) is 0. The van der Waals surface area contributed by atoms with Gasteiger partial charge in [0.2, 0.25) is 5.91 Å². The molecule has 2 fully saturated rings. The molecule has 2 heterocycles. The third-order valence-electron chi connectivity index (χ3n) is 3.75.